The lowest BCUT2D eigenvalue weighted by Gasteiger charge is -2.24. The average molecular weight is 523 g/mol. The maximum Gasteiger partial charge on any atom is 0.254 e. The van der Waals surface area contributed by atoms with Crippen LogP contribution in [0.5, 0.6) is 0 Å². The Bertz CT molecular complexity index is 1540. The van der Waals surface area contributed by atoms with E-state index in [4.69, 9.17) is 10.2 Å². The second kappa shape index (κ2) is 10.8. The molecule has 1 aromatic heterocycles. The van der Waals surface area contributed by atoms with Gasteiger partial charge in [-0.15, -0.1) is 0 Å². The molecule has 1 aliphatic rings. The molecule has 1 saturated heterocycles. The molecule has 39 heavy (non-hydrogen) atoms. The number of halogens is 1. The molecule has 0 aliphatic carbocycles. The standard InChI is InChI=1S/C32H31FN4O2/c1-3-25-11-8-14-37(25)31(38)24-16-22(26-12-7-13-28(33)27(26)19-34)15-23(17-24)30-36-20-29(39-30)32(2,35)18-21-9-5-4-6-10-21/h4-7,9-10,12-13,15-17,20,25H,3,8,11,14,18,35H2,1-2H3/t25?,32-/m1/s1. The van der Waals surface area contributed by atoms with Gasteiger partial charge in [-0.05, 0) is 68.0 Å². The molecular weight excluding hydrogens is 491 g/mol. The first-order valence-electron chi connectivity index (χ1n) is 13.2. The van der Waals surface area contributed by atoms with Crippen molar-refractivity contribution in [3.05, 3.63) is 101 Å². The number of nitrogens with zero attached hydrogens (tertiary/aromatic N) is 3. The van der Waals surface area contributed by atoms with Gasteiger partial charge in [0.2, 0.25) is 5.89 Å². The molecule has 1 fully saturated rings. The van der Waals surface area contributed by atoms with Crippen LogP contribution in [0.4, 0.5) is 4.39 Å². The summed E-state index contributed by atoms with van der Waals surface area (Å²) < 4.78 is 20.7. The zero-order valence-corrected chi connectivity index (χ0v) is 22.2. The van der Waals surface area contributed by atoms with Crippen molar-refractivity contribution in [1.29, 1.82) is 5.26 Å². The summed E-state index contributed by atoms with van der Waals surface area (Å²) in [5.74, 6) is 0.0941. The summed E-state index contributed by atoms with van der Waals surface area (Å²) in [5, 5.41) is 9.67. The van der Waals surface area contributed by atoms with E-state index in [0.717, 1.165) is 24.8 Å². The highest BCUT2D eigenvalue weighted by atomic mass is 19.1. The Hall–Kier alpha value is -4.28. The predicted octanol–water partition coefficient (Wildman–Crippen LogP) is 6.45. The summed E-state index contributed by atoms with van der Waals surface area (Å²) in [4.78, 5) is 20.1. The number of benzene rings is 3. The molecule has 2 atom stereocenters. The third-order valence-electron chi connectivity index (χ3n) is 7.46. The van der Waals surface area contributed by atoms with Gasteiger partial charge in [0.15, 0.2) is 0 Å². The van der Waals surface area contributed by atoms with Gasteiger partial charge in [0.05, 0.1) is 17.3 Å². The highest BCUT2D eigenvalue weighted by Crippen LogP contribution is 2.34. The molecular formula is C32H31FN4O2. The normalized spacial score (nSPS) is 16.6. The molecule has 2 heterocycles. The summed E-state index contributed by atoms with van der Waals surface area (Å²) in [6.45, 7) is 4.66. The van der Waals surface area contributed by atoms with Crippen LogP contribution in [0, 0.1) is 17.1 Å². The van der Waals surface area contributed by atoms with Crippen LogP contribution in [0.1, 0.15) is 60.4 Å². The average Bonchev–Trinajstić information content (AvgIpc) is 3.63. The van der Waals surface area contributed by atoms with Crippen molar-refractivity contribution in [2.24, 2.45) is 5.73 Å². The fourth-order valence-corrected chi connectivity index (χ4v) is 5.38. The highest BCUT2D eigenvalue weighted by molar-refractivity contribution is 5.97. The van der Waals surface area contributed by atoms with Gasteiger partial charge < -0.3 is 15.1 Å². The third kappa shape index (κ3) is 5.34. The number of oxazole rings is 1. The third-order valence-corrected chi connectivity index (χ3v) is 7.46. The van der Waals surface area contributed by atoms with Crippen molar-refractivity contribution in [1.82, 2.24) is 9.88 Å². The predicted molar refractivity (Wildman–Crippen MR) is 148 cm³/mol. The van der Waals surface area contributed by atoms with Crippen molar-refractivity contribution in [3.8, 4) is 28.7 Å². The molecule has 0 saturated carbocycles. The maximum absolute atomic E-state index is 14.5. The van der Waals surface area contributed by atoms with Crippen LogP contribution < -0.4 is 5.73 Å². The number of carbonyl (C=O) groups is 1. The van der Waals surface area contributed by atoms with E-state index in [1.165, 1.54) is 6.07 Å². The Morgan fingerprint density at radius 1 is 1.18 bits per heavy atom. The summed E-state index contributed by atoms with van der Waals surface area (Å²) in [6.07, 6.45) is 4.97. The van der Waals surface area contributed by atoms with E-state index in [0.29, 0.717) is 46.9 Å². The molecule has 7 heteroatoms. The van der Waals surface area contributed by atoms with Crippen LogP contribution in [0.3, 0.4) is 0 Å². The fraction of sp³-hybridized carbons (Fsp3) is 0.281. The topological polar surface area (TPSA) is 96.2 Å². The molecule has 2 N–H and O–H groups in total. The number of aromatic nitrogens is 1. The molecule has 0 radical (unpaired) electrons. The lowest BCUT2D eigenvalue weighted by atomic mass is 9.92. The van der Waals surface area contributed by atoms with Crippen LogP contribution in [0.15, 0.2) is 77.3 Å². The van der Waals surface area contributed by atoms with Crippen LogP contribution in [0.2, 0.25) is 0 Å². The van der Waals surface area contributed by atoms with E-state index in [2.05, 4.69) is 11.9 Å². The second-order valence-electron chi connectivity index (χ2n) is 10.4. The van der Waals surface area contributed by atoms with E-state index < -0.39 is 11.4 Å². The molecule has 0 bridgehead atoms. The van der Waals surface area contributed by atoms with Gasteiger partial charge in [-0.3, -0.25) is 4.79 Å². The monoisotopic (exact) mass is 522 g/mol. The Morgan fingerprint density at radius 3 is 2.69 bits per heavy atom. The van der Waals surface area contributed by atoms with Gasteiger partial charge in [-0.25, -0.2) is 9.37 Å². The molecule has 0 spiro atoms. The largest absolute Gasteiger partial charge is 0.439 e. The van der Waals surface area contributed by atoms with E-state index in [1.54, 1.807) is 36.5 Å². The van der Waals surface area contributed by atoms with Crippen LogP contribution >= 0.6 is 0 Å². The first kappa shape index (κ1) is 26.3. The van der Waals surface area contributed by atoms with Gasteiger partial charge in [0, 0.05) is 29.3 Å². The maximum atomic E-state index is 14.5. The van der Waals surface area contributed by atoms with E-state index >= 15 is 0 Å². The van der Waals surface area contributed by atoms with Crippen molar-refractivity contribution in [3.63, 3.8) is 0 Å². The lowest BCUT2D eigenvalue weighted by molar-refractivity contribution is 0.0733. The Balaban J connectivity index is 1.58. The first-order valence-corrected chi connectivity index (χ1v) is 13.2. The van der Waals surface area contributed by atoms with Gasteiger partial charge in [0.1, 0.15) is 17.6 Å². The molecule has 3 aromatic carbocycles. The van der Waals surface area contributed by atoms with Crippen LogP contribution in [0.25, 0.3) is 22.6 Å². The van der Waals surface area contributed by atoms with Crippen molar-refractivity contribution >= 4 is 5.91 Å². The van der Waals surface area contributed by atoms with Crippen molar-refractivity contribution < 1.29 is 13.6 Å². The smallest absolute Gasteiger partial charge is 0.254 e. The second-order valence-corrected chi connectivity index (χ2v) is 10.4. The van der Waals surface area contributed by atoms with E-state index in [1.807, 2.05) is 48.2 Å². The minimum Gasteiger partial charge on any atom is -0.439 e. The minimum absolute atomic E-state index is 0.0776. The van der Waals surface area contributed by atoms with Crippen LogP contribution in [-0.4, -0.2) is 28.4 Å². The van der Waals surface area contributed by atoms with Gasteiger partial charge in [0.25, 0.3) is 5.91 Å². The van der Waals surface area contributed by atoms with Crippen molar-refractivity contribution in [2.45, 2.75) is 51.1 Å². The van der Waals surface area contributed by atoms with Gasteiger partial charge in [-0.1, -0.05) is 49.4 Å². The lowest BCUT2D eigenvalue weighted by Crippen LogP contribution is -2.35. The van der Waals surface area contributed by atoms with Crippen molar-refractivity contribution in [2.75, 3.05) is 6.54 Å². The molecule has 1 amide bonds. The fourth-order valence-electron chi connectivity index (χ4n) is 5.38. The van der Waals surface area contributed by atoms with E-state index in [9.17, 15) is 14.4 Å². The number of rotatable bonds is 7. The highest BCUT2D eigenvalue weighted by Gasteiger charge is 2.30. The molecule has 1 unspecified atom stereocenters. The van der Waals surface area contributed by atoms with Gasteiger partial charge >= 0.3 is 0 Å². The summed E-state index contributed by atoms with van der Waals surface area (Å²) in [7, 11) is 0. The number of carbonyl (C=O) groups excluding carboxylic acids is 1. The summed E-state index contributed by atoms with van der Waals surface area (Å²) in [6, 6.07) is 21.8. The molecule has 5 rings (SSSR count). The zero-order valence-electron chi connectivity index (χ0n) is 22.2. The number of hydrogen-bond donors (Lipinski definition) is 1. The first-order chi connectivity index (χ1) is 18.8. The number of hydrogen-bond acceptors (Lipinski definition) is 5. The van der Waals surface area contributed by atoms with E-state index in [-0.39, 0.29) is 17.5 Å². The van der Waals surface area contributed by atoms with Crippen LogP contribution in [-0.2, 0) is 12.0 Å². The Kier molecular flexibility index (Phi) is 7.32. The summed E-state index contributed by atoms with van der Waals surface area (Å²) in [5.41, 5.74) is 8.77. The number of likely N-dealkylation sites (tertiary alicyclic amines) is 1. The molecule has 198 valence electrons. The summed E-state index contributed by atoms with van der Waals surface area (Å²) >= 11 is 0. The number of nitrogens with two attached hydrogens (primary N) is 1. The Morgan fingerprint density at radius 2 is 1.95 bits per heavy atom. The van der Waals surface area contributed by atoms with Gasteiger partial charge in [-0.2, -0.15) is 5.26 Å². The quantitative estimate of drug-likeness (QED) is 0.301. The Labute approximate surface area is 227 Å². The molecule has 6 nitrogen and oxygen atoms in total. The number of nitriles is 1. The minimum atomic E-state index is -0.816. The number of amides is 1. The molecule has 4 aromatic rings. The zero-order chi connectivity index (χ0) is 27.6. The SMILES string of the molecule is CCC1CCCN1C(=O)c1cc(-c2ncc([C@](C)(N)Cc3ccccc3)o2)cc(-c2cccc(F)c2C#N)c1. The molecule has 1 aliphatic heterocycles.